The molecule has 27 heavy (non-hydrogen) atoms. The molecule has 1 spiro atoms. The number of pyridine rings is 1. The van der Waals surface area contributed by atoms with Gasteiger partial charge in [-0.2, -0.15) is 0 Å². The zero-order valence-corrected chi connectivity index (χ0v) is 16.0. The maximum absolute atomic E-state index is 12.7. The van der Waals surface area contributed by atoms with Gasteiger partial charge in [-0.1, -0.05) is 0 Å². The number of hydrogen-bond acceptors (Lipinski definition) is 5. The van der Waals surface area contributed by atoms with E-state index >= 15 is 0 Å². The Kier molecular flexibility index (Phi) is 5.14. The first-order chi connectivity index (χ1) is 12.7. The summed E-state index contributed by atoms with van der Waals surface area (Å²) in [5.41, 5.74) is -0.836. The number of carbonyl (C=O) groups excluding carboxylic acids is 2. The van der Waals surface area contributed by atoms with Crippen LogP contribution in [0.3, 0.4) is 0 Å². The summed E-state index contributed by atoms with van der Waals surface area (Å²) in [6.07, 6.45) is 0.611. The van der Waals surface area contributed by atoms with E-state index in [0.29, 0.717) is 50.2 Å². The van der Waals surface area contributed by atoms with Gasteiger partial charge in [0.2, 0.25) is 11.5 Å². The number of piperidine rings is 1. The third-order valence-electron chi connectivity index (χ3n) is 5.70. The monoisotopic (exact) mass is 377 g/mol. The van der Waals surface area contributed by atoms with Crippen molar-refractivity contribution >= 4 is 11.8 Å². The maximum Gasteiger partial charge on any atom is 0.254 e. The Balaban J connectivity index is 1.73. The third kappa shape index (κ3) is 3.77. The van der Waals surface area contributed by atoms with E-state index in [1.807, 2.05) is 6.92 Å². The molecule has 8 nitrogen and oxygen atoms in total. The normalized spacial score (nSPS) is 27.4. The van der Waals surface area contributed by atoms with Crippen LogP contribution in [0, 0.1) is 6.92 Å². The van der Waals surface area contributed by atoms with Crippen molar-refractivity contribution in [1.82, 2.24) is 15.2 Å². The van der Waals surface area contributed by atoms with Crippen LogP contribution in [0.5, 0.6) is 0 Å². The lowest BCUT2D eigenvalue weighted by Gasteiger charge is -2.53. The van der Waals surface area contributed by atoms with Crippen molar-refractivity contribution in [3.8, 4) is 0 Å². The number of aliphatic hydroxyl groups is 1. The Hall–Kier alpha value is -2.19. The molecule has 3 rings (SSSR count). The van der Waals surface area contributed by atoms with Crippen molar-refractivity contribution < 1.29 is 19.4 Å². The number of rotatable bonds is 2. The number of aliphatic hydroxyl groups excluding tert-OH is 1. The van der Waals surface area contributed by atoms with Gasteiger partial charge in [-0.15, -0.1) is 0 Å². The lowest BCUT2D eigenvalue weighted by Crippen LogP contribution is -2.69. The van der Waals surface area contributed by atoms with E-state index in [0.717, 1.165) is 0 Å². The highest BCUT2D eigenvalue weighted by atomic mass is 16.5. The Bertz CT molecular complexity index is 797. The van der Waals surface area contributed by atoms with E-state index < -0.39 is 17.2 Å². The zero-order chi connectivity index (χ0) is 19.8. The fourth-order valence-corrected chi connectivity index (χ4v) is 4.29. The van der Waals surface area contributed by atoms with E-state index in [9.17, 15) is 19.5 Å². The van der Waals surface area contributed by atoms with Crippen molar-refractivity contribution in [2.24, 2.45) is 0 Å². The summed E-state index contributed by atoms with van der Waals surface area (Å²) in [5.74, 6) is -0.389. The molecule has 2 atom stereocenters. The summed E-state index contributed by atoms with van der Waals surface area (Å²) < 4.78 is 5.97. The summed E-state index contributed by atoms with van der Waals surface area (Å²) in [6, 6.07) is 2.97. The molecule has 148 valence electrons. The summed E-state index contributed by atoms with van der Waals surface area (Å²) in [7, 11) is 0. The lowest BCUT2D eigenvalue weighted by molar-refractivity contribution is -0.205. The highest BCUT2D eigenvalue weighted by molar-refractivity contribution is 5.94. The molecule has 0 saturated carbocycles. The smallest absolute Gasteiger partial charge is 0.254 e. The minimum absolute atomic E-state index is 0.189. The average Bonchev–Trinajstić information content (AvgIpc) is 2.58. The fraction of sp³-hybridized carbons (Fsp3) is 0.632. The number of likely N-dealkylation sites (tertiary alicyclic amines) is 1. The van der Waals surface area contributed by atoms with Gasteiger partial charge < -0.3 is 25.0 Å². The molecule has 2 saturated heterocycles. The number of H-pyrrole nitrogens is 1. The third-order valence-corrected chi connectivity index (χ3v) is 5.70. The van der Waals surface area contributed by atoms with Crippen molar-refractivity contribution in [3.05, 3.63) is 33.7 Å². The molecule has 0 bridgehead atoms. The molecule has 1 aromatic rings. The van der Waals surface area contributed by atoms with Crippen molar-refractivity contribution in [2.45, 2.75) is 57.3 Å². The Labute approximate surface area is 157 Å². The molecule has 1 aromatic heterocycles. The van der Waals surface area contributed by atoms with Crippen LogP contribution in [-0.2, 0) is 9.53 Å². The first kappa shape index (κ1) is 19.6. The molecule has 0 radical (unpaired) electrons. The minimum atomic E-state index is -0.860. The first-order valence-electron chi connectivity index (χ1n) is 9.26. The van der Waals surface area contributed by atoms with E-state index in [1.165, 1.54) is 13.0 Å². The quantitative estimate of drug-likeness (QED) is 0.688. The standard InChI is InChI=1S/C19H27N3O5/c1-12-10-14(11-15(24)20-12)16(25)22-7-4-19(5-8-22)17(26)18(3,6-9-27-19)21-13(2)23/h10-11,17,26H,4-9H2,1-3H3,(H,20,24)(H,21,23)/t17-,18+/m1/s1. The number of ether oxygens (including phenoxy) is 1. The predicted octanol–water partition coefficient (Wildman–Crippen LogP) is 0.334. The van der Waals surface area contributed by atoms with Gasteiger partial charge in [-0.25, -0.2) is 0 Å². The lowest BCUT2D eigenvalue weighted by atomic mass is 9.73. The minimum Gasteiger partial charge on any atom is -0.388 e. The summed E-state index contributed by atoms with van der Waals surface area (Å²) in [4.78, 5) is 40.2. The average molecular weight is 377 g/mol. The van der Waals surface area contributed by atoms with Gasteiger partial charge in [0.1, 0.15) is 6.10 Å². The second-order valence-corrected chi connectivity index (χ2v) is 7.87. The number of hydrogen-bond donors (Lipinski definition) is 3. The molecule has 0 aromatic carbocycles. The molecule has 2 aliphatic heterocycles. The van der Waals surface area contributed by atoms with Gasteiger partial charge in [0.05, 0.1) is 11.1 Å². The fourth-order valence-electron chi connectivity index (χ4n) is 4.29. The van der Waals surface area contributed by atoms with Crippen LogP contribution >= 0.6 is 0 Å². The van der Waals surface area contributed by atoms with Gasteiger partial charge in [-0.05, 0) is 39.2 Å². The highest BCUT2D eigenvalue weighted by Gasteiger charge is 2.53. The molecule has 3 N–H and O–H groups in total. The van der Waals surface area contributed by atoms with Gasteiger partial charge in [-0.3, -0.25) is 14.4 Å². The van der Waals surface area contributed by atoms with E-state index in [1.54, 1.807) is 17.9 Å². The van der Waals surface area contributed by atoms with Crippen molar-refractivity contribution in [1.29, 1.82) is 0 Å². The van der Waals surface area contributed by atoms with Crippen LogP contribution in [0.15, 0.2) is 16.9 Å². The molecule has 0 aliphatic carbocycles. The van der Waals surface area contributed by atoms with Gasteiger partial charge in [0.25, 0.3) is 5.91 Å². The van der Waals surface area contributed by atoms with E-state index in [-0.39, 0.29) is 17.4 Å². The number of aromatic nitrogens is 1. The van der Waals surface area contributed by atoms with Gasteiger partial charge in [0.15, 0.2) is 0 Å². The Morgan fingerprint density at radius 3 is 2.56 bits per heavy atom. The van der Waals surface area contributed by atoms with E-state index in [2.05, 4.69) is 10.3 Å². The number of carbonyl (C=O) groups is 2. The topological polar surface area (TPSA) is 112 Å². The highest BCUT2D eigenvalue weighted by Crippen LogP contribution is 2.40. The van der Waals surface area contributed by atoms with Crippen molar-refractivity contribution in [3.63, 3.8) is 0 Å². The number of aromatic amines is 1. The van der Waals surface area contributed by atoms with E-state index in [4.69, 9.17) is 4.74 Å². The number of amides is 2. The predicted molar refractivity (Wildman–Crippen MR) is 98.5 cm³/mol. The molecule has 3 heterocycles. The maximum atomic E-state index is 12.7. The zero-order valence-electron chi connectivity index (χ0n) is 16.0. The molecular formula is C19H27N3O5. The van der Waals surface area contributed by atoms with Gasteiger partial charge >= 0.3 is 0 Å². The van der Waals surface area contributed by atoms with Gasteiger partial charge in [0, 0.05) is 43.9 Å². The molecule has 8 heteroatoms. The molecule has 0 unspecified atom stereocenters. The van der Waals surface area contributed by atoms with Crippen LogP contribution < -0.4 is 10.9 Å². The SMILES string of the molecule is CC(=O)N[C@@]1(C)CCOC2(CCN(C(=O)c3cc(C)[nH]c(=O)c3)CC2)[C@@H]1O. The summed E-state index contributed by atoms with van der Waals surface area (Å²) in [5, 5.41) is 13.8. The van der Waals surface area contributed by atoms with Crippen LogP contribution in [0.2, 0.25) is 0 Å². The Morgan fingerprint density at radius 2 is 1.96 bits per heavy atom. The number of nitrogens with zero attached hydrogens (tertiary/aromatic N) is 1. The van der Waals surface area contributed by atoms with Crippen molar-refractivity contribution in [2.75, 3.05) is 19.7 Å². The van der Waals surface area contributed by atoms with Crippen LogP contribution in [0.25, 0.3) is 0 Å². The number of nitrogens with one attached hydrogen (secondary N) is 2. The van der Waals surface area contributed by atoms with Crippen LogP contribution in [-0.4, -0.2) is 63.7 Å². The number of aryl methyl sites for hydroxylation is 1. The van der Waals surface area contributed by atoms with Crippen LogP contribution in [0.4, 0.5) is 0 Å². The largest absolute Gasteiger partial charge is 0.388 e. The molecule has 2 aliphatic rings. The molecular weight excluding hydrogens is 350 g/mol. The summed E-state index contributed by atoms with van der Waals surface area (Å²) >= 11 is 0. The molecule has 2 amide bonds. The molecule has 2 fully saturated rings. The Morgan fingerprint density at radius 1 is 1.30 bits per heavy atom. The first-order valence-corrected chi connectivity index (χ1v) is 9.26. The second kappa shape index (κ2) is 7.09. The summed E-state index contributed by atoms with van der Waals surface area (Å²) in [6.45, 7) is 6.27. The van der Waals surface area contributed by atoms with Crippen LogP contribution in [0.1, 0.15) is 49.2 Å². The second-order valence-electron chi connectivity index (χ2n) is 7.87.